The number of hydrogen-bond donors (Lipinski definition) is 1. The summed E-state index contributed by atoms with van der Waals surface area (Å²) in [6.07, 6.45) is 0. The van der Waals surface area contributed by atoms with Crippen molar-refractivity contribution in [2.45, 2.75) is 6.92 Å². The first kappa shape index (κ1) is 13.9. The summed E-state index contributed by atoms with van der Waals surface area (Å²) in [7, 11) is 4.90. The van der Waals surface area contributed by atoms with Gasteiger partial charge in [-0.15, -0.1) is 0 Å². The Morgan fingerprint density at radius 1 is 1.25 bits per heavy atom. The van der Waals surface area contributed by atoms with Crippen LogP contribution in [-0.2, 0) is 7.05 Å². The van der Waals surface area contributed by atoms with Gasteiger partial charge in [-0.1, -0.05) is 0 Å². The van der Waals surface area contributed by atoms with Crippen molar-refractivity contribution in [1.29, 1.82) is 0 Å². The van der Waals surface area contributed by atoms with E-state index in [1.54, 1.807) is 43.1 Å². The minimum Gasteiger partial charge on any atom is -0.497 e. The summed E-state index contributed by atoms with van der Waals surface area (Å²) >= 11 is 0. The molecule has 0 atom stereocenters. The topological polar surface area (TPSA) is 65.4 Å². The predicted molar refractivity (Wildman–Crippen MR) is 75.4 cm³/mol. The van der Waals surface area contributed by atoms with Gasteiger partial charge in [0.2, 0.25) is 0 Å². The third-order valence-electron chi connectivity index (χ3n) is 3.00. The van der Waals surface area contributed by atoms with Gasteiger partial charge in [0.05, 0.1) is 19.9 Å². The average Bonchev–Trinajstić information content (AvgIpc) is 2.79. The van der Waals surface area contributed by atoms with E-state index in [2.05, 4.69) is 10.4 Å². The fourth-order valence-corrected chi connectivity index (χ4v) is 1.76. The number of nitrogens with zero attached hydrogens (tertiary/aromatic N) is 2. The maximum absolute atomic E-state index is 12.1. The summed E-state index contributed by atoms with van der Waals surface area (Å²) in [5.41, 5.74) is 1.85. The molecule has 1 aromatic carbocycles. The lowest BCUT2D eigenvalue weighted by atomic mass is 10.2. The summed E-state index contributed by atoms with van der Waals surface area (Å²) in [5.74, 6) is 0.913. The smallest absolute Gasteiger partial charge is 0.276 e. The van der Waals surface area contributed by atoms with Crippen LogP contribution in [0.4, 0.5) is 5.69 Å². The van der Waals surface area contributed by atoms with Gasteiger partial charge < -0.3 is 14.8 Å². The molecule has 0 aliphatic heterocycles. The number of aryl methyl sites for hydroxylation is 2. The van der Waals surface area contributed by atoms with Gasteiger partial charge >= 0.3 is 0 Å². The standard InChI is InChI=1S/C14H17N3O3/c1-9-7-12(16-17(9)2)14(18)15-11-6-5-10(19-3)8-13(11)20-4/h5-8H,1-4H3,(H,15,18). The molecular weight excluding hydrogens is 258 g/mol. The second-order valence-electron chi connectivity index (χ2n) is 4.31. The number of benzene rings is 1. The zero-order chi connectivity index (χ0) is 14.7. The summed E-state index contributed by atoms with van der Waals surface area (Å²) in [6.45, 7) is 1.89. The molecule has 1 aromatic heterocycles. The predicted octanol–water partition coefficient (Wildman–Crippen LogP) is 2.00. The third kappa shape index (κ3) is 2.74. The normalized spacial score (nSPS) is 10.2. The van der Waals surface area contributed by atoms with E-state index < -0.39 is 0 Å². The van der Waals surface area contributed by atoms with E-state index in [9.17, 15) is 4.79 Å². The molecule has 0 radical (unpaired) electrons. The molecule has 1 heterocycles. The molecule has 0 bridgehead atoms. The fraction of sp³-hybridized carbons (Fsp3) is 0.286. The van der Waals surface area contributed by atoms with E-state index >= 15 is 0 Å². The Hall–Kier alpha value is -2.50. The Morgan fingerprint density at radius 2 is 2.00 bits per heavy atom. The summed E-state index contributed by atoms with van der Waals surface area (Å²) < 4.78 is 12.0. The molecule has 0 saturated carbocycles. The van der Waals surface area contributed by atoms with E-state index in [0.29, 0.717) is 22.9 Å². The molecule has 0 fully saturated rings. The van der Waals surface area contributed by atoms with Crippen LogP contribution in [0.2, 0.25) is 0 Å². The average molecular weight is 275 g/mol. The van der Waals surface area contributed by atoms with Gasteiger partial charge in [0, 0.05) is 18.8 Å². The summed E-state index contributed by atoms with van der Waals surface area (Å²) in [4.78, 5) is 12.1. The van der Waals surface area contributed by atoms with E-state index in [-0.39, 0.29) is 5.91 Å². The van der Waals surface area contributed by atoms with Crippen LogP contribution in [0, 0.1) is 6.92 Å². The van der Waals surface area contributed by atoms with Gasteiger partial charge in [0.1, 0.15) is 11.5 Å². The first-order valence-corrected chi connectivity index (χ1v) is 6.09. The zero-order valence-electron chi connectivity index (χ0n) is 11.9. The molecule has 1 N–H and O–H groups in total. The molecule has 0 aliphatic carbocycles. The molecule has 0 unspecified atom stereocenters. The first-order chi connectivity index (χ1) is 9.55. The molecule has 2 aromatic rings. The number of anilines is 1. The van der Waals surface area contributed by atoms with Crippen molar-refractivity contribution >= 4 is 11.6 Å². The van der Waals surface area contributed by atoms with E-state index in [1.807, 2.05) is 6.92 Å². The summed E-state index contributed by atoms with van der Waals surface area (Å²) in [6, 6.07) is 6.91. The highest BCUT2D eigenvalue weighted by atomic mass is 16.5. The van der Waals surface area contributed by atoms with Gasteiger partial charge in [-0.25, -0.2) is 0 Å². The maximum Gasteiger partial charge on any atom is 0.276 e. The number of amides is 1. The van der Waals surface area contributed by atoms with Gasteiger partial charge in [0.25, 0.3) is 5.91 Å². The van der Waals surface area contributed by atoms with Crippen molar-refractivity contribution < 1.29 is 14.3 Å². The number of carbonyl (C=O) groups is 1. The molecule has 1 amide bonds. The van der Waals surface area contributed by atoms with Crippen LogP contribution in [0.3, 0.4) is 0 Å². The van der Waals surface area contributed by atoms with Gasteiger partial charge in [-0.2, -0.15) is 5.10 Å². The van der Waals surface area contributed by atoms with Crippen molar-refractivity contribution in [3.63, 3.8) is 0 Å². The number of aromatic nitrogens is 2. The molecule has 6 heteroatoms. The highest BCUT2D eigenvalue weighted by Crippen LogP contribution is 2.29. The van der Waals surface area contributed by atoms with Crippen LogP contribution in [0.25, 0.3) is 0 Å². The van der Waals surface area contributed by atoms with Gasteiger partial charge in [0.15, 0.2) is 5.69 Å². The number of rotatable bonds is 4. The first-order valence-electron chi connectivity index (χ1n) is 6.09. The van der Waals surface area contributed by atoms with Crippen LogP contribution < -0.4 is 14.8 Å². The third-order valence-corrected chi connectivity index (χ3v) is 3.00. The Labute approximate surface area is 117 Å². The Morgan fingerprint density at radius 3 is 2.55 bits per heavy atom. The second-order valence-corrected chi connectivity index (χ2v) is 4.31. The van der Waals surface area contributed by atoms with Crippen LogP contribution in [0.15, 0.2) is 24.3 Å². The van der Waals surface area contributed by atoms with Crippen molar-refractivity contribution in [3.05, 3.63) is 35.7 Å². The Bertz CT molecular complexity index is 615. The summed E-state index contributed by atoms with van der Waals surface area (Å²) in [5, 5.41) is 6.91. The van der Waals surface area contributed by atoms with Crippen molar-refractivity contribution in [3.8, 4) is 11.5 Å². The molecular formula is C14H17N3O3. The molecule has 2 rings (SSSR count). The number of nitrogens with one attached hydrogen (secondary N) is 1. The van der Waals surface area contributed by atoms with Gasteiger partial charge in [-0.3, -0.25) is 9.48 Å². The molecule has 0 aliphatic rings. The van der Waals surface area contributed by atoms with Crippen LogP contribution in [0.5, 0.6) is 11.5 Å². The number of hydrogen-bond acceptors (Lipinski definition) is 4. The largest absolute Gasteiger partial charge is 0.497 e. The van der Waals surface area contributed by atoms with E-state index in [4.69, 9.17) is 9.47 Å². The van der Waals surface area contributed by atoms with Crippen molar-refractivity contribution in [1.82, 2.24) is 9.78 Å². The Balaban J connectivity index is 2.23. The second kappa shape index (κ2) is 5.64. The molecule has 0 spiro atoms. The lowest BCUT2D eigenvalue weighted by molar-refractivity contribution is 0.102. The quantitative estimate of drug-likeness (QED) is 0.926. The minimum absolute atomic E-state index is 0.280. The zero-order valence-corrected chi connectivity index (χ0v) is 11.9. The van der Waals surface area contributed by atoms with Crippen LogP contribution in [-0.4, -0.2) is 29.9 Å². The van der Waals surface area contributed by atoms with Crippen molar-refractivity contribution in [2.24, 2.45) is 7.05 Å². The van der Waals surface area contributed by atoms with Crippen molar-refractivity contribution in [2.75, 3.05) is 19.5 Å². The molecule has 106 valence electrons. The lowest BCUT2D eigenvalue weighted by Gasteiger charge is -2.10. The number of ether oxygens (including phenoxy) is 2. The monoisotopic (exact) mass is 275 g/mol. The maximum atomic E-state index is 12.1. The fourth-order valence-electron chi connectivity index (χ4n) is 1.76. The van der Waals surface area contributed by atoms with E-state index in [0.717, 1.165) is 5.69 Å². The van der Waals surface area contributed by atoms with Crippen LogP contribution in [0.1, 0.15) is 16.2 Å². The van der Waals surface area contributed by atoms with Gasteiger partial charge in [-0.05, 0) is 25.1 Å². The molecule has 6 nitrogen and oxygen atoms in total. The molecule has 0 saturated heterocycles. The lowest BCUT2D eigenvalue weighted by Crippen LogP contribution is -2.13. The number of carbonyl (C=O) groups excluding carboxylic acids is 1. The SMILES string of the molecule is COc1ccc(NC(=O)c2cc(C)n(C)n2)c(OC)c1. The number of methoxy groups -OCH3 is 2. The minimum atomic E-state index is -0.280. The van der Waals surface area contributed by atoms with E-state index in [1.165, 1.54) is 7.11 Å². The van der Waals surface area contributed by atoms with Crippen LogP contribution >= 0.6 is 0 Å². The highest BCUT2D eigenvalue weighted by molar-refractivity contribution is 6.03. The highest BCUT2D eigenvalue weighted by Gasteiger charge is 2.14. The molecule has 20 heavy (non-hydrogen) atoms. The Kier molecular flexibility index (Phi) is 3.93.